The van der Waals surface area contributed by atoms with Crippen LogP contribution in [0.5, 0.6) is 17.2 Å². The highest BCUT2D eigenvalue weighted by Crippen LogP contribution is 2.73. The molecule has 9 bridgehead atoms. The minimum atomic E-state index is -3.14. The Kier molecular flexibility index (Phi) is 18.2. The van der Waals surface area contributed by atoms with Crippen LogP contribution >= 0.6 is 0 Å². The van der Waals surface area contributed by atoms with E-state index in [2.05, 4.69) is 27.5 Å². The van der Waals surface area contributed by atoms with E-state index in [1.54, 1.807) is 24.3 Å². The van der Waals surface area contributed by atoms with Crippen LogP contribution in [0.15, 0.2) is 47.5 Å². The number of fused-ring (bicyclic) bond motifs is 5. The van der Waals surface area contributed by atoms with Gasteiger partial charge in [-0.05, 0) is 172 Å². The number of aliphatic hydroxyl groups is 6. The number of phenols is 1. The second-order valence-electron chi connectivity index (χ2n) is 26.9. The van der Waals surface area contributed by atoms with Gasteiger partial charge in [-0.25, -0.2) is 0 Å². The van der Waals surface area contributed by atoms with E-state index in [1.165, 1.54) is 19.1 Å². The summed E-state index contributed by atoms with van der Waals surface area (Å²) in [5.41, 5.74) is 17.3. The van der Waals surface area contributed by atoms with E-state index in [-0.39, 0.29) is 129 Å². The quantitative estimate of drug-likeness (QED) is 0.0105. The molecule has 92 heavy (non-hydrogen) atoms. The minimum Gasteiger partial charge on any atom is -0.507 e. The van der Waals surface area contributed by atoms with Crippen LogP contribution in [0.2, 0.25) is 0 Å². The van der Waals surface area contributed by atoms with Gasteiger partial charge < -0.3 is 87.3 Å². The molecule has 0 unspecified atom stereocenters. The van der Waals surface area contributed by atoms with Crippen molar-refractivity contribution in [3.05, 3.63) is 120 Å². The molecule has 490 valence electrons. The number of carbonyl (C=O) groups excluding carboxylic acids is 4. The average molecular weight is 1270 g/mol. The highest BCUT2D eigenvalue weighted by molar-refractivity contribution is 6.32. The number of aliphatic hydroxyl groups excluding tert-OH is 3. The molecule has 5 fully saturated rings. The summed E-state index contributed by atoms with van der Waals surface area (Å²) in [6.45, 7) is 2.36. The number of guanidine groups is 1. The number of benzene rings is 4. The summed E-state index contributed by atoms with van der Waals surface area (Å²) in [6.07, 6.45) is 0.859. The molecule has 0 aromatic heterocycles. The molecule has 15 N–H and O–H groups in total. The summed E-state index contributed by atoms with van der Waals surface area (Å²) in [5.74, 6) is -1.34. The summed E-state index contributed by atoms with van der Waals surface area (Å²) < 4.78 is 31.9. The van der Waals surface area contributed by atoms with Crippen LogP contribution in [0.4, 0.5) is 0 Å². The molecule has 22 heteroatoms. The molecule has 15 atom stereocenters. The Labute approximate surface area is 533 Å². The van der Waals surface area contributed by atoms with Crippen molar-refractivity contribution >= 4 is 41.9 Å². The van der Waals surface area contributed by atoms with Crippen molar-refractivity contribution in [1.82, 2.24) is 10.6 Å². The largest absolute Gasteiger partial charge is 0.507 e. The van der Waals surface area contributed by atoms with Gasteiger partial charge in [-0.1, -0.05) is 54.3 Å². The first-order chi connectivity index (χ1) is 44.0. The Morgan fingerprint density at radius 3 is 2.43 bits per heavy atom. The van der Waals surface area contributed by atoms with E-state index < -0.39 is 109 Å². The first-order valence-electron chi connectivity index (χ1n) is 32.1. The van der Waals surface area contributed by atoms with Gasteiger partial charge in [-0.15, -0.1) is 0 Å². The number of rotatable bonds is 15. The van der Waals surface area contributed by atoms with Crippen molar-refractivity contribution in [3.63, 3.8) is 0 Å². The van der Waals surface area contributed by atoms with Crippen molar-refractivity contribution in [2.75, 3.05) is 40.3 Å². The summed E-state index contributed by atoms with van der Waals surface area (Å²) in [7, 11) is 3.82. The van der Waals surface area contributed by atoms with Gasteiger partial charge in [0, 0.05) is 65.3 Å². The van der Waals surface area contributed by atoms with Crippen LogP contribution in [0, 0.1) is 40.9 Å². The number of ketones is 2. The number of phenolic OH excluding ortho intramolecular Hbond substituents is 1. The fourth-order valence-electron chi connectivity index (χ4n) is 17.7. The van der Waals surface area contributed by atoms with E-state index in [4.69, 9.17) is 40.9 Å². The molecule has 8 aliphatic rings. The van der Waals surface area contributed by atoms with Crippen LogP contribution in [0.3, 0.4) is 0 Å². The molecule has 4 aromatic rings. The fourth-order valence-corrected chi connectivity index (χ4v) is 17.7. The lowest BCUT2D eigenvalue weighted by Crippen LogP contribution is -2.67. The van der Waals surface area contributed by atoms with E-state index in [9.17, 15) is 45.3 Å². The van der Waals surface area contributed by atoms with Crippen LogP contribution in [-0.4, -0.2) is 161 Å². The Balaban J connectivity index is 1.12. The predicted molar refractivity (Wildman–Crippen MR) is 337 cm³/mol. The molecule has 4 aromatic carbocycles. The third-order valence-corrected chi connectivity index (χ3v) is 20.9. The van der Waals surface area contributed by atoms with Crippen LogP contribution in [0.25, 0.3) is 12.2 Å². The number of hydrogen-bond donors (Lipinski definition) is 12. The SMILES string of the molecule is CNC[C@@H]1C[C@H]2C[C@@]34C[C@@H](CNC)O[C@@H](CC[C@@H]5[C@H]2[C@](O)(C1)c1c(ccc(Cc2c(O)c6c7c(c2O[C@H]2O[C@@H](C)[C@@H](O)C(O)(O)[C@H]2OCCN=C(N)N)CC#C[C@H](N)CC[C@@H](O)Cc2cccc(c2)/C=C/c2c(OC(C)=O)cc(CO)c(c2C7=O)C6=O)c1C=O)[C@@H]53)C4. The average Bonchev–Trinajstić information content (AvgIpc) is 1.04. The molecule has 2 saturated heterocycles. The van der Waals surface area contributed by atoms with Gasteiger partial charge >= 0.3 is 5.97 Å². The van der Waals surface area contributed by atoms with E-state index in [0.29, 0.717) is 36.2 Å². The maximum Gasteiger partial charge on any atom is 0.308 e. The lowest BCUT2D eigenvalue weighted by atomic mass is 9.40. The zero-order valence-corrected chi connectivity index (χ0v) is 52.3. The molecule has 2 heterocycles. The molecule has 6 aliphatic carbocycles. The molecule has 22 nitrogen and oxygen atoms in total. The summed E-state index contributed by atoms with van der Waals surface area (Å²) >= 11 is 0. The van der Waals surface area contributed by atoms with Gasteiger partial charge in [-0.3, -0.25) is 24.2 Å². The summed E-state index contributed by atoms with van der Waals surface area (Å²) in [4.78, 5) is 63.8. The van der Waals surface area contributed by atoms with Gasteiger partial charge in [0.05, 0.1) is 61.4 Å². The minimum absolute atomic E-state index is 0.0153. The number of hydrogen-bond acceptors (Lipinski definition) is 20. The second kappa shape index (κ2) is 25.7. The number of nitrogens with two attached hydrogens (primary N) is 3. The van der Waals surface area contributed by atoms with Gasteiger partial charge in [0.1, 0.15) is 23.4 Å². The molecule has 12 rings (SSSR count). The lowest BCUT2D eigenvalue weighted by molar-refractivity contribution is -0.378. The number of ether oxygens (including phenoxy) is 5. The standard InChI is InChI=1S/C70H84N6O16/c1-34-64(84)70(86,87)65(88-20-19-76-67(72)73)66(89-34)92-63-47-10-6-9-42(71)13-14-43(80)23-37-8-5-7-36(21-37)11-16-46-52(90-35(2)79)25-41(32-77)53-54(46)62(83)55(47)56(61(53)82)60(81)50(63)24-39-12-17-49-58-48-18-15-44-28-68(58,29-45(91-44)31-75-4)27-40-22-38(30-74-3)26-69(85,57(40)48)59(49)51(39)33-78/h5,7-8,11-12,16-17,21,25,33-34,38,40,42-45,48,57-58,64-66,74-75,77,80-81,84-87H,10,13-15,18-20,22-24,26-32,71H2,1-4H3,(H4,72,73,76)/b16-11+/t34-,38+,40-,42-,43+,44-,45-,48+,57-,58+,64+,65-,66+,68+,69+/m0/s1. The Bertz CT molecular complexity index is 3720. The number of aliphatic imine (C=N–C) groups is 1. The highest BCUT2D eigenvalue weighted by Gasteiger charge is 2.68. The highest BCUT2D eigenvalue weighted by atomic mass is 16.7. The van der Waals surface area contributed by atoms with Crippen molar-refractivity contribution in [1.29, 1.82) is 0 Å². The topological polar surface area (TPSA) is 371 Å². The fraction of sp³-hybridized carbons (Fsp3) is 0.529. The number of carbonyl (C=O) groups is 4. The normalized spacial score (nSPS) is 31.9. The summed E-state index contributed by atoms with van der Waals surface area (Å²) in [6, 6.07) is 11.5. The van der Waals surface area contributed by atoms with Crippen LogP contribution in [0.1, 0.15) is 170 Å². The maximum absolute atomic E-state index is 16.3. The Hall–Kier alpha value is -6.95. The van der Waals surface area contributed by atoms with Crippen LogP contribution in [-0.2, 0) is 50.5 Å². The molecule has 1 spiro atoms. The number of nitrogens with zero attached hydrogens (tertiary/aromatic N) is 1. The molecular weight excluding hydrogens is 1180 g/mol. The first kappa shape index (κ1) is 65.1. The van der Waals surface area contributed by atoms with Crippen molar-refractivity contribution in [2.24, 2.45) is 51.3 Å². The molecule has 3 saturated carbocycles. The number of nitrogens with one attached hydrogen (secondary N) is 2. The first-order valence-corrected chi connectivity index (χ1v) is 32.1. The van der Waals surface area contributed by atoms with Crippen molar-refractivity contribution < 1.29 is 78.6 Å². The monoisotopic (exact) mass is 1260 g/mol. The third-order valence-electron chi connectivity index (χ3n) is 20.9. The third kappa shape index (κ3) is 11.5. The number of aldehydes is 1. The smallest absolute Gasteiger partial charge is 0.308 e. The van der Waals surface area contributed by atoms with E-state index in [1.807, 2.05) is 32.3 Å². The van der Waals surface area contributed by atoms with Gasteiger partial charge in [-0.2, -0.15) is 0 Å². The molecule has 0 amide bonds. The molecule has 2 aliphatic heterocycles. The number of esters is 1. The lowest BCUT2D eigenvalue weighted by Gasteiger charge is -2.65. The second-order valence-corrected chi connectivity index (χ2v) is 26.9. The van der Waals surface area contributed by atoms with Crippen LogP contribution < -0.4 is 37.3 Å². The predicted octanol–water partition coefficient (Wildman–Crippen LogP) is 3.27. The zero-order valence-electron chi connectivity index (χ0n) is 52.3. The maximum atomic E-state index is 16.3. The Morgan fingerprint density at radius 1 is 0.913 bits per heavy atom. The summed E-state index contributed by atoms with van der Waals surface area (Å²) in [5, 5.41) is 91.9. The zero-order chi connectivity index (χ0) is 65.3. The van der Waals surface area contributed by atoms with Crippen molar-refractivity contribution in [3.8, 4) is 29.1 Å². The van der Waals surface area contributed by atoms with Gasteiger partial charge in [0.2, 0.25) is 12.1 Å². The van der Waals surface area contributed by atoms with Gasteiger partial charge in [0.15, 0.2) is 29.9 Å². The molecular formula is C70H84N6O16. The number of aromatic hydroxyl groups is 1. The number of likely N-dealkylation sites (N-methyl/N-ethyl adjacent to an activating group) is 1. The Morgan fingerprint density at radius 2 is 1.70 bits per heavy atom. The van der Waals surface area contributed by atoms with E-state index in [0.717, 1.165) is 62.9 Å². The van der Waals surface area contributed by atoms with E-state index >= 15 is 9.59 Å². The van der Waals surface area contributed by atoms with Gasteiger partial charge in [0.25, 0.3) is 0 Å². The molecule has 0 radical (unpaired) electrons. The van der Waals surface area contributed by atoms with Crippen molar-refractivity contribution in [2.45, 2.75) is 164 Å².